The lowest BCUT2D eigenvalue weighted by Gasteiger charge is -2.29. The lowest BCUT2D eigenvalue weighted by molar-refractivity contribution is -0.123. The molecule has 1 aromatic carbocycles. The highest BCUT2D eigenvalue weighted by Crippen LogP contribution is 2.32. The van der Waals surface area contributed by atoms with Gasteiger partial charge in [0.05, 0.1) is 22.2 Å². The number of amides is 2. The summed E-state index contributed by atoms with van der Waals surface area (Å²) in [5.74, 6) is 0.0967. The molecule has 33 heavy (non-hydrogen) atoms. The Morgan fingerprint density at radius 2 is 1.97 bits per heavy atom. The number of nitrogens with one attached hydrogen (secondary N) is 1. The van der Waals surface area contributed by atoms with E-state index in [4.69, 9.17) is 0 Å². The predicted octanol–water partition coefficient (Wildman–Crippen LogP) is 4.39. The third-order valence-corrected chi connectivity index (χ3v) is 7.85. The van der Waals surface area contributed by atoms with Crippen molar-refractivity contribution in [2.75, 3.05) is 30.3 Å². The second-order valence-corrected chi connectivity index (χ2v) is 10.2. The van der Waals surface area contributed by atoms with Crippen molar-refractivity contribution in [3.63, 3.8) is 0 Å². The second kappa shape index (κ2) is 11.0. The first-order chi connectivity index (χ1) is 16.1. The normalized spacial score (nSPS) is 14.4. The van der Waals surface area contributed by atoms with Crippen LogP contribution in [0.2, 0.25) is 0 Å². The third-order valence-electron chi connectivity index (χ3n) is 5.96. The summed E-state index contributed by atoms with van der Waals surface area (Å²) in [5, 5.41) is 6.16. The molecule has 1 aliphatic heterocycles. The van der Waals surface area contributed by atoms with Crippen LogP contribution in [0.25, 0.3) is 5.69 Å². The number of rotatable bonds is 9. The number of carbonyl (C=O) groups excluding carboxylic acids is 2. The Hall–Kier alpha value is -2.55. The monoisotopic (exact) mass is 482 g/mol. The number of thiophene rings is 1. The largest absolute Gasteiger partial charge is 0.353 e. The number of nitrogens with zero attached hydrogens (tertiary/aromatic N) is 3. The molecule has 1 unspecified atom stereocenters. The molecule has 0 spiro atoms. The minimum absolute atomic E-state index is 0.0151. The Labute approximate surface area is 203 Å². The molecule has 2 amide bonds. The van der Waals surface area contributed by atoms with Crippen molar-refractivity contribution >= 4 is 40.6 Å². The van der Waals surface area contributed by atoms with Crippen molar-refractivity contribution in [1.29, 1.82) is 0 Å². The molecule has 4 rings (SSSR count). The number of anilines is 1. The van der Waals surface area contributed by atoms with Gasteiger partial charge in [-0.25, -0.2) is 0 Å². The molecule has 0 aliphatic carbocycles. The van der Waals surface area contributed by atoms with E-state index in [1.54, 1.807) is 16.2 Å². The number of hydrogen-bond acceptors (Lipinski definition) is 5. The van der Waals surface area contributed by atoms with Crippen molar-refractivity contribution in [2.24, 2.45) is 0 Å². The molecule has 0 fully saturated rings. The maximum Gasteiger partial charge on any atom is 0.240 e. The van der Waals surface area contributed by atoms with Gasteiger partial charge < -0.3 is 14.8 Å². The van der Waals surface area contributed by atoms with Crippen molar-refractivity contribution in [1.82, 2.24) is 14.8 Å². The van der Waals surface area contributed by atoms with Crippen molar-refractivity contribution in [2.45, 2.75) is 37.9 Å². The first-order valence-electron chi connectivity index (χ1n) is 11.3. The van der Waals surface area contributed by atoms with E-state index in [2.05, 4.69) is 46.1 Å². The third kappa shape index (κ3) is 5.69. The molecular weight excluding hydrogens is 452 g/mol. The van der Waals surface area contributed by atoms with Gasteiger partial charge >= 0.3 is 0 Å². The molecule has 3 heterocycles. The molecule has 2 aromatic heterocycles. The number of aromatic nitrogens is 1. The quantitative estimate of drug-likeness (QED) is 0.491. The number of fused-ring (bicyclic) bond motifs is 3. The van der Waals surface area contributed by atoms with E-state index in [1.165, 1.54) is 16.6 Å². The van der Waals surface area contributed by atoms with Crippen LogP contribution in [0, 0.1) is 0 Å². The average molecular weight is 483 g/mol. The molecule has 1 atom stereocenters. The molecule has 174 valence electrons. The van der Waals surface area contributed by atoms with Crippen LogP contribution in [-0.2, 0) is 16.1 Å². The zero-order valence-corrected chi connectivity index (χ0v) is 20.7. The van der Waals surface area contributed by atoms with Gasteiger partial charge in [-0.1, -0.05) is 36.9 Å². The highest BCUT2D eigenvalue weighted by Gasteiger charge is 2.25. The number of para-hydroxylation sites is 2. The minimum Gasteiger partial charge on any atom is -0.353 e. The summed E-state index contributed by atoms with van der Waals surface area (Å²) in [6.45, 7) is 6.63. The summed E-state index contributed by atoms with van der Waals surface area (Å²) in [5.41, 5.74) is 1.67. The zero-order valence-electron chi connectivity index (χ0n) is 19.1. The number of thioether (sulfide) groups is 1. The van der Waals surface area contributed by atoms with Crippen molar-refractivity contribution < 1.29 is 9.59 Å². The smallest absolute Gasteiger partial charge is 0.240 e. The standard InChI is InChI=1S/C25H30N4O2S2/c1-3-19(2)27(16-20-8-7-15-32-20)14-12-26-23(30)17-29-22-10-5-4-9-21(22)28-13-6-11-25(28)33-18-24(29)31/h4-11,13,15,19H,3,12,14,16-18H2,1-2H3,(H,26,30). The fourth-order valence-corrected chi connectivity index (χ4v) is 5.58. The van der Waals surface area contributed by atoms with Gasteiger partial charge in [-0.15, -0.1) is 11.3 Å². The fraction of sp³-hybridized carbons (Fsp3) is 0.360. The van der Waals surface area contributed by atoms with Gasteiger partial charge in [0.25, 0.3) is 0 Å². The summed E-state index contributed by atoms with van der Waals surface area (Å²) in [4.78, 5) is 31.2. The van der Waals surface area contributed by atoms with Crippen LogP contribution in [0.5, 0.6) is 0 Å². The maximum atomic E-state index is 13.0. The molecule has 0 radical (unpaired) electrons. The van der Waals surface area contributed by atoms with Crippen LogP contribution in [0.1, 0.15) is 25.1 Å². The Morgan fingerprint density at radius 3 is 2.73 bits per heavy atom. The topological polar surface area (TPSA) is 57.6 Å². The van der Waals surface area contributed by atoms with Gasteiger partial charge in [-0.3, -0.25) is 14.5 Å². The van der Waals surface area contributed by atoms with Crippen LogP contribution < -0.4 is 10.2 Å². The summed E-state index contributed by atoms with van der Waals surface area (Å²) >= 11 is 3.25. The van der Waals surface area contributed by atoms with Crippen molar-refractivity contribution in [3.05, 3.63) is 65.0 Å². The SMILES string of the molecule is CCC(C)N(CCNC(=O)CN1C(=O)CSc2cccn2-c2ccccc21)Cc1cccs1. The Morgan fingerprint density at radius 1 is 1.15 bits per heavy atom. The van der Waals surface area contributed by atoms with Gasteiger partial charge in [-0.2, -0.15) is 0 Å². The van der Waals surface area contributed by atoms with E-state index in [1.807, 2.05) is 42.6 Å². The lowest BCUT2D eigenvalue weighted by atomic mass is 10.2. The van der Waals surface area contributed by atoms with Crippen LogP contribution in [0.15, 0.2) is 65.1 Å². The van der Waals surface area contributed by atoms with E-state index in [9.17, 15) is 9.59 Å². The van der Waals surface area contributed by atoms with E-state index < -0.39 is 0 Å². The van der Waals surface area contributed by atoms with Crippen LogP contribution >= 0.6 is 23.1 Å². The predicted molar refractivity (Wildman–Crippen MR) is 136 cm³/mol. The summed E-state index contributed by atoms with van der Waals surface area (Å²) in [6.07, 6.45) is 3.05. The minimum atomic E-state index is -0.142. The van der Waals surface area contributed by atoms with Crippen LogP contribution in [-0.4, -0.2) is 52.7 Å². The molecule has 1 aliphatic rings. The first kappa shape index (κ1) is 23.6. The fourth-order valence-electron chi connectivity index (χ4n) is 3.95. The summed E-state index contributed by atoms with van der Waals surface area (Å²) in [6, 6.07) is 16.4. The number of hydrogen-bond donors (Lipinski definition) is 1. The molecule has 0 bridgehead atoms. The molecule has 3 aromatic rings. The van der Waals surface area contributed by atoms with E-state index >= 15 is 0 Å². The molecule has 0 saturated heterocycles. The Kier molecular flexibility index (Phi) is 7.90. The number of carbonyl (C=O) groups is 2. The van der Waals surface area contributed by atoms with Crippen molar-refractivity contribution in [3.8, 4) is 5.69 Å². The Bertz CT molecular complexity index is 1080. The summed E-state index contributed by atoms with van der Waals surface area (Å²) in [7, 11) is 0. The maximum absolute atomic E-state index is 13.0. The van der Waals surface area contributed by atoms with Crippen LogP contribution in [0.4, 0.5) is 5.69 Å². The zero-order chi connectivity index (χ0) is 23.2. The van der Waals surface area contributed by atoms with E-state index in [-0.39, 0.29) is 18.4 Å². The van der Waals surface area contributed by atoms with Gasteiger partial charge in [0.1, 0.15) is 6.54 Å². The second-order valence-electron chi connectivity index (χ2n) is 8.13. The highest BCUT2D eigenvalue weighted by molar-refractivity contribution is 7.99. The van der Waals surface area contributed by atoms with Crippen LogP contribution in [0.3, 0.4) is 0 Å². The van der Waals surface area contributed by atoms with E-state index in [0.29, 0.717) is 18.3 Å². The lowest BCUT2D eigenvalue weighted by Crippen LogP contribution is -2.45. The number of benzene rings is 1. The molecule has 8 heteroatoms. The Balaban J connectivity index is 1.41. The van der Waals surface area contributed by atoms with Gasteiger partial charge in [-0.05, 0) is 49.1 Å². The molecule has 0 saturated carbocycles. The highest BCUT2D eigenvalue weighted by atomic mass is 32.2. The van der Waals surface area contributed by atoms with Gasteiger partial charge in [0, 0.05) is 36.8 Å². The summed E-state index contributed by atoms with van der Waals surface area (Å²) < 4.78 is 2.08. The molecule has 6 nitrogen and oxygen atoms in total. The van der Waals surface area contributed by atoms with Gasteiger partial charge in [0.2, 0.25) is 11.8 Å². The molecule has 1 N–H and O–H groups in total. The van der Waals surface area contributed by atoms with E-state index in [0.717, 1.165) is 35.9 Å². The van der Waals surface area contributed by atoms with Gasteiger partial charge in [0.15, 0.2) is 0 Å². The first-order valence-corrected chi connectivity index (χ1v) is 13.2. The molecular formula is C25H30N4O2S2. The average Bonchev–Trinajstić information content (AvgIpc) is 3.51.